The lowest BCUT2D eigenvalue weighted by Gasteiger charge is -2.28. The second kappa shape index (κ2) is 8.66. The Morgan fingerprint density at radius 3 is 2.53 bits per heavy atom. The first-order chi connectivity index (χ1) is 15.3. The van der Waals surface area contributed by atoms with Crippen molar-refractivity contribution in [2.45, 2.75) is 19.0 Å². The quantitative estimate of drug-likeness (QED) is 0.524. The molecule has 0 unspecified atom stereocenters. The van der Waals surface area contributed by atoms with Gasteiger partial charge in [0.25, 0.3) is 5.91 Å². The maximum atomic E-state index is 13.5. The number of methoxy groups -OCH3 is 2. The zero-order valence-electron chi connectivity index (χ0n) is 17.7. The number of ether oxygens (including phenoxy) is 2. The second-order valence-electron chi connectivity index (χ2n) is 7.66. The SMILES string of the molecule is COc1ccc(CN(C(=O)c2cc3ccccc3oc2=O)[C@@H]2CCS(=O)(=O)C2)cc1OC. The molecular weight excluding hydrogens is 434 g/mol. The van der Waals surface area contributed by atoms with Crippen LogP contribution in [-0.4, -0.2) is 51.0 Å². The summed E-state index contributed by atoms with van der Waals surface area (Å²) in [5, 5.41) is 0.612. The summed E-state index contributed by atoms with van der Waals surface area (Å²) in [5.74, 6) is 0.306. The average molecular weight is 458 g/mol. The summed E-state index contributed by atoms with van der Waals surface area (Å²) in [6.45, 7) is 0.103. The van der Waals surface area contributed by atoms with Crippen molar-refractivity contribution in [1.29, 1.82) is 0 Å². The lowest BCUT2D eigenvalue weighted by molar-refractivity contribution is 0.0676. The van der Waals surface area contributed by atoms with Crippen LogP contribution in [0.3, 0.4) is 0 Å². The van der Waals surface area contributed by atoms with Crippen molar-refractivity contribution in [3.05, 3.63) is 70.1 Å². The molecule has 32 heavy (non-hydrogen) atoms. The molecule has 0 bridgehead atoms. The molecule has 8 nitrogen and oxygen atoms in total. The van der Waals surface area contributed by atoms with Crippen molar-refractivity contribution in [1.82, 2.24) is 4.90 Å². The van der Waals surface area contributed by atoms with E-state index in [0.717, 1.165) is 0 Å². The lowest BCUT2D eigenvalue weighted by Crippen LogP contribution is -2.42. The summed E-state index contributed by atoms with van der Waals surface area (Å²) in [7, 11) is -0.225. The summed E-state index contributed by atoms with van der Waals surface area (Å²) in [4.78, 5) is 27.5. The second-order valence-corrected chi connectivity index (χ2v) is 9.89. The molecule has 1 aromatic heterocycles. The monoisotopic (exact) mass is 457 g/mol. The summed E-state index contributed by atoms with van der Waals surface area (Å²) in [5.41, 5.74) is 0.203. The van der Waals surface area contributed by atoms with Gasteiger partial charge in [-0.25, -0.2) is 13.2 Å². The zero-order valence-corrected chi connectivity index (χ0v) is 18.6. The predicted octanol–water partition coefficient (Wildman–Crippen LogP) is 2.64. The summed E-state index contributed by atoms with van der Waals surface area (Å²) in [6, 6.07) is 13.1. The van der Waals surface area contributed by atoms with Crippen molar-refractivity contribution < 1.29 is 27.1 Å². The Kier molecular flexibility index (Phi) is 5.92. The minimum atomic E-state index is -3.26. The maximum absolute atomic E-state index is 13.5. The number of carbonyl (C=O) groups is 1. The van der Waals surface area contributed by atoms with Gasteiger partial charge in [-0.1, -0.05) is 24.3 Å². The Labute approximate surface area is 185 Å². The molecule has 0 radical (unpaired) electrons. The van der Waals surface area contributed by atoms with Gasteiger partial charge in [0.05, 0.1) is 25.7 Å². The highest BCUT2D eigenvalue weighted by Gasteiger charge is 2.36. The molecule has 0 spiro atoms. The Hall–Kier alpha value is -3.33. The number of amides is 1. The number of sulfone groups is 1. The van der Waals surface area contributed by atoms with Gasteiger partial charge >= 0.3 is 5.63 Å². The normalized spacial score (nSPS) is 17.2. The van der Waals surface area contributed by atoms with E-state index in [0.29, 0.717) is 34.5 Å². The third-order valence-electron chi connectivity index (χ3n) is 5.58. The van der Waals surface area contributed by atoms with E-state index in [4.69, 9.17) is 13.9 Å². The van der Waals surface area contributed by atoms with Crippen LogP contribution in [0.5, 0.6) is 11.5 Å². The van der Waals surface area contributed by atoms with E-state index in [2.05, 4.69) is 0 Å². The molecule has 1 aliphatic heterocycles. The highest BCUT2D eigenvalue weighted by molar-refractivity contribution is 7.91. The van der Waals surface area contributed by atoms with Crippen LogP contribution in [0.4, 0.5) is 0 Å². The average Bonchev–Trinajstić information content (AvgIpc) is 3.15. The Morgan fingerprint density at radius 1 is 1.09 bits per heavy atom. The van der Waals surface area contributed by atoms with Crippen LogP contribution in [0, 0.1) is 0 Å². The van der Waals surface area contributed by atoms with Crippen molar-refractivity contribution in [2.75, 3.05) is 25.7 Å². The maximum Gasteiger partial charge on any atom is 0.349 e. The van der Waals surface area contributed by atoms with Crippen LogP contribution in [0.25, 0.3) is 11.0 Å². The van der Waals surface area contributed by atoms with Crippen molar-refractivity contribution >= 4 is 26.7 Å². The molecule has 1 amide bonds. The Bertz CT molecular complexity index is 1330. The van der Waals surface area contributed by atoms with Crippen LogP contribution in [0.15, 0.2) is 57.7 Å². The van der Waals surface area contributed by atoms with Crippen molar-refractivity contribution in [2.24, 2.45) is 0 Å². The molecule has 0 aliphatic carbocycles. The van der Waals surface area contributed by atoms with Crippen molar-refractivity contribution in [3.8, 4) is 11.5 Å². The van der Waals surface area contributed by atoms with Crippen LogP contribution >= 0.6 is 0 Å². The van der Waals surface area contributed by atoms with Gasteiger partial charge in [-0.05, 0) is 36.2 Å². The lowest BCUT2D eigenvalue weighted by atomic mass is 10.1. The third kappa shape index (κ3) is 4.34. The summed E-state index contributed by atoms with van der Waals surface area (Å²) in [6.07, 6.45) is 0.306. The van der Waals surface area contributed by atoms with Crippen LogP contribution in [0.2, 0.25) is 0 Å². The molecule has 0 saturated carbocycles. The molecule has 3 aromatic rings. The molecule has 1 saturated heterocycles. The van der Waals surface area contributed by atoms with Crippen LogP contribution in [-0.2, 0) is 16.4 Å². The predicted molar refractivity (Wildman–Crippen MR) is 119 cm³/mol. The summed E-state index contributed by atoms with van der Waals surface area (Å²) < 4.78 is 40.2. The van der Waals surface area contributed by atoms with E-state index in [1.165, 1.54) is 25.2 Å². The number of carbonyl (C=O) groups excluding carboxylic acids is 1. The number of nitrogens with zero attached hydrogens (tertiary/aromatic N) is 1. The fourth-order valence-corrected chi connectivity index (χ4v) is 5.66. The number of hydrogen-bond acceptors (Lipinski definition) is 7. The first-order valence-electron chi connectivity index (χ1n) is 10.1. The molecule has 1 atom stereocenters. The molecule has 2 aromatic carbocycles. The number of benzene rings is 2. The van der Waals surface area contributed by atoms with E-state index in [9.17, 15) is 18.0 Å². The Balaban J connectivity index is 1.74. The molecule has 1 aliphatic rings. The van der Waals surface area contributed by atoms with Crippen LogP contribution < -0.4 is 15.1 Å². The Morgan fingerprint density at radius 2 is 1.84 bits per heavy atom. The zero-order chi connectivity index (χ0) is 22.9. The van der Waals surface area contributed by atoms with E-state index in [-0.39, 0.29) is 23.6 Å². The van der Waals surface area contributed by atoms with Gasteiger partial charge in [-0.3, -0.25) is 4.79 Å². The number of hydrogen-bond donors (Lipinski definition) is 0. The fourth-order valence-electron chi connectivity index (χ4n) is 3.93. The van der Waals surface area contributed by atoms with Crippen LogP contribution in [0.1, 0.15) is 22.3 Å². The van der Waals surface area contributed by atoms with Gasteiger partial charge < -0.3 is 18.8 Å². The molecule has 1 fully saturated rings. The van der Waals surface area contributed by atoms with Gasteiger partial charge in [0.15, 0.2) is 21.3 Å². The van der Waals surface area contributed by atoms with E-state index >= 15 is 0 Å². The topological polar surface area (TPSA) is 103 Å². The molecular formula is C23H23NO7S. The molecule has 9 heteroatoms. The van der Waals surface area contributed by atoms with Crippen molar-refractivity contribution in [3.63, 3.8) is 0 Å². The molecule has 168 valence electrons. The molecule has 4 rings (SSSR count). The smallest absolute Gasteiger partial charge is 0.349 e. The van der Waals surface area contributed by atoms with Gasteiger partial charge in [-0.15, -0.1) is 0 Å². The van der Waals surface area contributed by atoms with Gasteiger partial charge in [0.1, 0.15) is 11.1 Å². The van der Waals surface area contributed by atoms with Gasteiger partial charge in [-0.2, -0.15) is 0 Å². The first kappa shape index (κ1) is 21.9. The number of para-hydroxylation sites is 1. The van der Waals surface area contributed by atoms with E-state index in [1.807, 2.05) is 0 Å². The number of fused-ring (bicyclic) bond motifs is 1. The minimum absolute atomic E-state index is 0.000290. The standard InChI is InChI=1S/C23H23NO7S/c1-29-20-8-7-15(11-21(20)30-2)13-24(17-9-10-32(27,28)14-17)22(25)18-12-16-5-3-4-6-19(16)31-23(18)26/h3-8,11-12,17H,9-10,13-14H2,1-2H3/t17-/m1/s1. The summed E-state index contributed by atoms with van der Waals surface area (Å²) >= 11 is 0. The number of rotatable bonds is 6. The fraction of sp³-hybridized carbons (Fsp3) is 0.304. The molecule has 0 N–H and O–H groups in total. The largest absolute Gasteiger partial charge is 0.493 e. The van der Waals surface area contributed by atoms with Gasteiger partial charge in [0, 0.05) is 18.0 Å². The van der Waals surface area contributed by atoms with E-state index < -0.39 is 27.4 Å². The first-order valence-corrected chi connectivity index (χ1v) is 11.9. The minimum Gasteiger partial charge on any atom is -0.493 e. The highest BCUT2D eigenvalue weighted by atomic mass is 32.2. The molecule has 2 heterocycles. The third-order valence-corrected chi connectivity index (χ3v) is 7.33. The van der Waals surface area contributed by atoms with Gasteiger partial charge in [0.2, 0.25) is 0 Å². The highest BCUT2D eigenvalue weighted by Crippen LogP contribution is 2.29. The van der Waals surface area contributed by atoms with E-state index in [1.54, 1.807) is 42.5 Å².